The summed E-state index contributed by atoms with van der Waals surface area (Å²) in [6.07, 6.45) is 2.96. The van der Waals surface area contributed by atoms with Crippen LogP contribution in [0, 0.1) is 0 Å². The molecule has 1 heterocycles. The molecule has 0 aliphatic heterocycles. The molecule has 0 aliphatic carbocycles. The number of aromatic nitrogens is 2. The Bertz CT molecular complexity index is 641. The summed E-state index contributed by atoms with van der Waals surface area (Å²) in [6.45, 7) is 6.51. The first-order valence-electron chi connectivity index (χ1n) is 6.94. The number of ether oxygens (including phenoxy) is 1. The molecule has 0 radical (unpaired) electrons. The average Bonchev–Trinajstić information content (AvgIpc) is 2.55. The van der Waals surface area contributed by atoms with Crippen molar-refractivity contribution in [1.82, 2.24) is 15.3 Å². The second-order valence-corrected chi connectivity index (χ2v) is 4.37. The lowest BCUT2D eigenvalue weighted by Crippen LogP contribution is -2.24. The van der Waals surface area contributed by atoms with E-state index in [4.69, 9.17) is 4.74 Å². The largest absolute Gasteiger partial charge is 0.494 e. The Morgan fingerprint density at radius 2 is 2.09 bits per heavy atom. The third kappa shape index (κ3) is 4.31. The van der Waals surface area contributed by atoms with Crippen molar-refractivity contribution in [3.05, 3.63) is 55.0 Å². The van der Waals surface area contributed by atoms with Crippen molar-refractivity contribution < 1.29 is 9.53 Å². The summed E-state index contributed by atoms with van der Waals surface area (Å²) in [5.41, 5.74) is 1.14. The molecule has 0 atom stereocenters. The molecule has 2 aromatic rings. The highest BCUT2D eigenvalue weighted by molar-refractivity contribution is 5.93. The van der Waals surface area contributed by atoms with Gasteiger partial charge in [-0.25, -0.2) is 9.97 Å². The zero-order chi connectivity index (χ0) is 15.8. The van der Waals surface area contributed by atoms with Crippen LogP contribution in [0.4, 0.5) is 11.5 Å². The van der Waals surface area contributed by atoms with Crippen molar-refractivity contribution >= 4 is 17.4 Å². The molecule has 0 bridgehead atoms. The Kier molecular flexibility index (Phi) is 5.48. The van der Waals surface area contributed by atoms with Gasteiger partial charge < -0.3 is 15.4 Å². The van der Waals surface area contributed by atoms with Crippen molar-refractivity contribution in [2.24, 2.45) is 0 Å². The molecular formula is C16H18N4O2. The van der Waals surface area contributed by atoms with Crippen molar-refractivity contribution in [1.29, 1.82) is 0 Å². The van der Waals surface area contributed by atoms with Gasteiger partial charge in [0.25, 0.3) is 5.91 Å². The first-order valence-corrected chi connectivity index (χ1v) is 6.94. The number of carbonyl (C=O) groups excluding carboxylic acids is 1. The molecule has 0 aliphatic rings. The van der Waals surface area contributed by atoms with Crippen molar-refractivity contribution in [2.75, 3.05) is 18.5 Å². The van der Waals surface area contributed by atoms with Gasteiger partial charge in [-0.3, -0.25) is 4.79 Å². The predicted molar refractivity (Wildman–Crippen MR) is 85.5 cm³/mol. The number of rotatable bonds is 7. The normalized spacial score (nSPS) is 9.86. The molecule has 114 valence electrons. The standard InChI is InChI=1S/C16H18N4O2/c1-3-9-17-16(21)14-10-15(19-11-18-14)20-12-5-7-13(8-6-12)22-4-2/h3,5-8,10-11H,1,4,9H2,2H3,(H,17,21)(H,18,19,20). The quantitative estimate of drug-likeness (QED) is 0.768. The fourth-order valence-corrected chi connectivity index (χ4v) is 1.75. The second-order valence-electron chi connectivity index (χ2n) is 4.37. The molecule has 22 heavy (non-hydrogen) atoms. The fraction of sp³-hybridized carbons (Fsp3) is 0.188. The van der Waals surface area contributed by atoms with E-state index in [1.807, 2.05) is 31.2 Å². The highest BCUT2D eigenvalue weighted by atomic mass is 16.5. The molecule has 0 saturated carbocycles. The van der Waals surface area contributed by atoms with E-state index >= 15 is 0 Å². The summed E-state index contributed by atoms with van der Waals surface area (Å²) in [5.74, 6) is 1.08. The number of nitrogens with zero attached hydrogens (tertiary/aromatic N) is 2. The van der Waals surface area contributed by atoms with E-state index in [1.54, 1.807) is 12.1 Å². The van der Waals surface area contributed by atoms with Crippen molar-refractivity contribution in [2.45, 2.75) is 6.92 Å². The Balaban J connectivity index is 2.06. The zero-order valence-corrected chi connectivity index (χ0v) is 12.4. The van der Waals surface area contributed by atoms with E-state index in [-0.39, 0.29) is 5.91 Å². The van der Waals surface area contributed by atoms with Crippen LogP contribution in [0.1, 0.15) is 17.4 Å². The van der Waals surface area contributed by atoms with Gasteiger partial charge in [-0.2, -0.15) is 0 Å². The maximum atomic E-state index is 11.8. The third-order valence-electron chi connectivity index (χ3n) is 2.74. The van der Waals surface area contributed by atoms with E-state index in [0.717, 1.165) is 11.4 Å². The van der Waals surface area contributed by atoms with Gasteiger partial charge >= 0.3 is 0 Å². The van der Waals surface area contributed by atoms with Gasteiger partial charge in [0.05, 0.1) is 6.61 Å². The lowest BCUT2D eigenvalue weighted by atomic mass is 10.3. The van der Waals surface area contributed by atoms with Crippen LogP contribution in [-0.2, 0) is 0 Å². The van der Waals surface area contributed by atoms with Crippen LogP contribution in [0.15, 0.2) is 49.3 Å². The monoisotopic (exact) mass is 298 g/mol. The van der Waals surface area contributed by atoms with Crippen LogP contribution < -0.4 is 15.4 Å². The molecule has 1 amide bonds. The number of nitrogens with one attached hydrogen (secondary N) is 2. The molecule has 1 aromatic heterocycles. The highest BCUT2D eigenvalue weighted by Gasteiger charge is 2.07. The Hall–Kier alpha value is -2.89. The van der Waals surface area contributed by atoms with Crippen LogP contribution in [0.3, 0.4) is 0 Å². The van der Waals surface area contributed by atoms with Gasteiger partial charge in [-0.05, 0) is 31.2 Å². The number of anilines is 2. The van der Waals surface area contributed by atoms with Gasteiger partial charge in [0.1, 0.15) is 23.6 Å². The lowest BCUT2D eigenvalue weighted by Gasteiger charge is -2.08. The Morgan fingerprint density at radius 3 is 2.77 bits per heavy atom. The highest BCUT2D eigenvalue weighted by Crippen LogP contribution is 2.19. The molecule has 0 saturated heterocycles. The third-order valence-corrected chi connectivity index (χ3v) is 2.74. The van der Waals surface area contributed by atoms with Crippen LogP contribution in [-0.4, -0.2) is 29.0 Å². The topological polar surface area (TPSA) is 76.1 Å². The molecule has 0 spiro atoms. The summed E-state index contributed by atoms with van der Waals surface area (Å²) in [4.78, 5) is 19.9. The van der Waals surface area contributed by atoms with Crippen LogP contribution >= 0.6 is 0 Å². The molecule has 2 N–H and O–H groups in total. The van der Waals surface area contributed by atoms with Gasteiger partial charge in [-0.15, -0.1) is 6.58 Å². The summed E-state index contributed by atoms with van der Waals surface area (Å²) < 4.78 is 5.38. The van der Waals surface area contributed by atoms with Crippen LogP contribution in [0.5, 0.6) is 5.75 Å². The van der Waals surface area contributed by atoms with Crippen LogP contribution in [0.25, 0.3) is 0 Å². The van der Waals surface area contributed by atoms with Gasteiger partial charge in [0.15, 0.2) is 0 Å². The van der Waals surface area contributed by atoms with Crippen molar-refractivity contribution in [3.8, 4) is 5.75 Å². The molecule has 0 fully saturated rings. The fourth-order valence-electron chi connectivity index (χ4n) is 1.75. The number of hydrogen-bond acceptors (Lipinski definition) is 5. The molecule has 1 aromatic carbocycles. The first-order chi connectivity index (χ1) is 10.7. The lowest BCUT2D eigenvalue weighted by molar-refractivity contribution is 0.0953. The molecule has 0 unspecified atom stereocenters. The van der Waals surface area contributed by atoms with Crippen LogP contribution in [0.2, 0.25) is 0 Å². The molecular weight excluding hydrogens is 280 g/mol. The van der Waals surface area contributed by atoms with Gasteiger partial charge in [0.2, 0.25) is 0 Å². The SMILES string of the molecule is C=CCNC(=O)c1cc(Nc2ccc(OCC)cc2)ncn1. The first kappa shape index (κ1) is 15.5. The Morgan fingerprint density at radius 1 is 1.32 bits per heavy atom. The maximum Gasteiger partial charge on any atom is 0.270 e. The summed E-state index contributed by atoms with van der Waals surface area (Å²) in [5, 5.41) is 5.79. The predicted octanol–water partition coefficient (Wildman–Crippen LogP) is 2.53. The number of carbonyl (C=O) groups is 1. The zero-order valence-electron chi connectivity index (χ0n) is 12.4. The van der Waals surface area contributed by atoms with Gasteiger partial charge in [0, 0.05) is 18.3 Å². The van der Waals surface area contributed by atoms with Crippen molar-refractivity contribution in [3.63, 3.8) is 0 Å². The summed E-state index contributed by atoms with van der Waals surface area (Å²) in [6, 6.07) is 9.08. The van der Waals surface area contributed by atoms with E-state index < -0.39 is 0 Å². The maximum absolute atomic E-state index is 11.8. The Labute approximate surface area is 129 Å². The molecule has 6 heteroatoms. The smallest absolute Gasteiger partial charge is 0.270 e. The number of benzene rings is 1. The minimum atomic E-state index is -0.267. The van der Waals surface area contributed by atoms with E-state index in [0.29, 0.717) is 24.7 Å². The van der Waals surface area contributed by atoms with E-state index in [9.17, 15) is 4.79 Å². The summed E-state index contributed by atoms with van der Waals surface area (Å²) in [7, 11) is 0. The minimum absolute atomic E-state index is 0.267. The van der Waals surface area contributed by atoms with E-state index in [1.165, 1.54) is 6.33 Å². The minimum Gasteiger partial charge on any atom is -0.494 e. The second kappa shape index (κ2) is 7.78. The summed E-state index contributed by atoms with van der Waals surface area (Å²) >= 11 is 0. The average molecular weight is 298 g/mol. The van der Waals surface area contributed by atoms with E-state index in [2.05, 4.69) is 27.2 Å². The molecule has 2 rings (SSSR count). The molecule has 6 nitrogen and oxygen atoms in total. The number of hydrogen-bond donors (Lipinski definition) is 2. The van der Waals surface area contributed by atoms with Gasteiger partial charge in [-0.1, -0.05) is 6.08 Å². The number of amides is 1.